The predicted molar refractivity (Wildman–Crippen MR) is 184 cm³/mol. The van der Waals surface area contributed by atoms with Crippen LogP contribution in [0.5, 0.6) is 5.88 Å². The summed E-state index contributed by atoms with van der Waals surface area (Å²) < 4.78 is 7.10. The van der Waals surface area contributed by atoms with Gasteiger partial charge in [0.15, 0.2) is 0 Å². The molecule has 250 valence electrons. The number of carbonyl (C=O) groups excluding carboxylic acids is 2. The number of anilines is 3. The lowest BCUT2D eigenvalue weighted by molar-refractivity contribution is -0.118. The third-order valence-electron chi connectivity index (χ3n) is 8.31. The number of hydrogen-bond acceptors (Lipinski definition) is 9. The molecule has 0 aromatic carbocycles. The van der Waals surface area contributed by atoms with E-state index in [4.69, 9.17) is 4.74 Å². The molecule has 5 heterocycles. The Labute approximate surface area is 280 Å². The van der Waals surface area contributed by atoms with E-state index in [9.17, 15) is 19.5 Å². The van der Waals surface area contributed by atoms with Gasteiger partial charge in [0.05, 0.1) is 13.2 Å². The highest BCUT2D eigenvalue weighted by Crippen LogP contribution is 2.36. The molecule has 3 aromatic heterocycles. The van der Waals surface area contributed by atoms with Crippen LogP contribution in [0.3, 0.4) is 0 Å². The van der Waals surface area contributed by atoms with Crippen molar-refractivity contribution in [3.8, 4) is 28.8 Å². The molecule has 2 amide bonds. The van der Waals surface area contributed by atoms with Crippen LogP contribution in [0, 0.1) is 17.3 Å². The SMILES string of the molecule is C=C1/C=C2/C(=O)N(c3nccc(-c4cc(Nc5cccc(OCCNC(=O)C#CC)n5)c(=O)n(C)c4)c3CO)CCN2CCC(C)(C)C1. The van der Waals surface area contributed by atoms with Crippen LogP contribution < -0.4 is 25.8 Å². The first-order valence-electron chi connectivity index (χ1n) is 15.8. The molecule has 3 aromatic rings. The van der Waals surface area contributed by atoms with Gasteiger partial charge in [-0.05, 0) is 60.9 Å². The number of aromatic nitrogens is 3. The second kappa shape index (κ2) is 14.6. The third kappa shape index (κ3) is 7.75. The first-order chi connectivity index (χ1) is 23.0. The molecular weight excluding hydrogens is 610 g/mol. The molecule has 12 nitrogen and oxygen atoms in total. The molecule has 3 N–H and O–H groups in total. The molecule has 0 saturated carbocycles. The summed E-state index contributed by atoms with van der Waals surface area (Å²) in [5, 5.41) is 16.4. The van der Waals surface area contributed by atoms with Crippen molar-refractivity contribution in [2.45, 2.75) is 40.2 Å². The summed E-state index contributed by atoms with van der Waals surface area (Å²) in [7, 11) is 1.64. The molecule has 0 atom stereocenters. The van der Waals surface area contributed by atoms with Gasteiger partial charge in [0.1, 0.15) is 29.6 Å². The van der Waals surface area contributed by atoms with Gasteiger partial charge in [0.25, 0.3) is 17.4 Å². The Morgan fingerprint density at radius 1 is 1.19 bits per heavy atom. The average molecular weight is 652 g/mol. The van der Waals surface area contributed by atoms with E-state index in [1.165, 1.54) is 4.57 Å². The summed E-state index contributed by atoms with van der Waals surface area (Å²) in [5.74, 6) is 5.42. The molecule has 0 spiro atoms. The fourth-order valence-electron chi connectivity index (χ4n) is 5.96. The fourth-order valence-corrected chi connectivity index (χ4v) is 5.96. The van der Waals surface area contributed by atoms with Crippen LogP contribution in [-0.4, -0.2) is 69.1 Å². The zero-order valence-electron chi connectivity index (χ0n) is 27.8. The van der Waals surface area contributed by atoms with Gasteiger partial charge in [-0.25, -0.2) is 4.98 Å². The summed E-state index contributed by atoms with van der Waals surface area (Å²) >= 11 is 0. The van der Waals surface area contributed by atoms with E-state index in [-0.39, 0.29) is 48.2 Å². The van der Waals surface area contributed by atoms with Crippen molar-refractivity contribution in [1.29, 1.82) is 0 Å². The van der Waals surface area contributed by atoms with Gasteiger partial charge < -0.3 is 29.9 Å². The first kappa shape index (κ1) is 33.9. The summed E-state index contributed by atoms with van der Waals surface area (Å²) in [6.07, 6.45) is 6.92. The highest BCUT2D eigenvalue weighted by atomic mass is 16.5. The van der Waals surface area contributed by atoms with E-state index in [1.807, 2.05) is 6.08 Å². The minimum atomic E-state index is -0.386. The molecule has 5 rings (SSSR count). The Balaban J connectivity index is 1.40. The number of nitrogens with one attached hydrogen (secondary N) is 2. The smallest absolute Gasteiger partial charge is 0.295 e. The summed E-state index contributed by atoms with van der Waals surface area (Å²) in [6, 6.07) is 8.55. The van der Waals surface area contributed by atoms with Crippen LogP contribution in [0.2, 0.25) is 0 Å². The molecular formula is C36H41N7O5. The van der Waals surface area contributed by atoms with Crippen molar-refractivity contribution in [3.05, 3.63) is 82.6 Å². The van der Waals surface area contributed by atoms with Crippen molar-refractivity contribution in [1.82, 2.24) is 24.8 Å². The number of allylic oxidation sites excluding steroid dienone is 2. The number of ether oxygens (including phenoxy) is 1. The minimum absolute atomic E-state index is 0.0969. The molecule has 0 bridgehead atoms. The molecule has 2 aliphatic heterocycles. The first-order valence-corrected chi connectivity index (χ1v) is 15.8. The molecule has 1 saturated heterocycles. The fraction of sp³-hybridized carbons (Fsp3) is 0.361. The monoisotopic (exact) mass is 651 g/mol. The van der Waals surface area contributed by atoms with Crippen LogP contribution in [0.1, 0.15) is 39.2 Å². The summed E-state index contributed by atoms with van der Waals surface area (Å²) in [4.78, 5) is 51.4. The molecule has 0 aliphatic carbocycles. The second-order valence-electron chi connectivity index (χ2n) is 12.6. The van der Waals surface area contributed by atoms with Gasteiger partial charge in [0.2, 0.25) is 5.88 Å². The van der Waals surface area contributed by atoms with Gasteiger partial charge in [0, 0.05) is 56.3 Å². The van der Waals surface area contributed by atoms with E-state index in [0.29, 0.717) is 53.0 Å². The molecule has 48 heavy (non-hydrogen) atoms. The van der Waals surface area contributed by atoms with Crippen LogP contribution in [0.25, 0.3) is 11.1 Å². The highest BCUT2D eigenvalue weighted by Gasteiger charge is 2.35. The molecule has 1 fully saturated rings. The molecule has 12 heteroatoms. The van der Waals surface area contributed by atoms with Gasteiger partial charge >= 0.3 is 0 Å². The Morgan fingerprint density at radius 3 is 2.77 bits per heavy atom. The number of carbonyl (C=O) groups is 2. The number of aryl methyl sites for hydroxylation is 1. The van der Waals surface area contributed by atoms with Gasteiger partial charge in [-0.2, -0.15) is 4.98 Å². The molecule has 0 radical (unpaired) electrons. The normalized spacial score (nSPS) is 16.8. The highest BCUT2D eigenvalue weighted by molar-refractivity contribution is 6.06. The number of aliphatic hydroxyl groups excluding tert-OH is 1. The summed E-state index contributed by atoms with van der Waals surface area (Å²) in [6.45, 7) is 12.1. The van der Waals surface area contributed by atoms with Gasteiger partial charge in [-0.15, -0.1) is 0 Å². The predicted octanol–water partition coefficient (Wildman–Crippen LogP) is 3.51. The van der Waals surface area contributed by atoms with Gasteiger partial charge in [-0.1, -0.05) is 38.0 Å². The molecule has 0 unspecified atom stereocenters. The van der Waals surface area contributed by atoms with Crippen molar-refractivity contribution in [2.75, 3.05) is 43.0 Å². The largest absolute Gasteiger partial charge is 0.476 e. The van der Waals surface area contributed by atoms with Crippen molar-refractivity contribution in [3.63, 3.8) is 0 Å². The number of rotatable bonds is 9. The Bertz CT molecular complexity index is 1890. The average Bonchev–Trinajstić information content (AvgIpc) is 3.04. The quantitative estimate of drug-likeness (QED) is 0.234. The Morgan fingerprint density at radius 2 is 2.00 bits per heavy atom. The number of aliphatic hydroxyl groups is 1. The van der Waals surface area contributed by atoms with Crippen LogP contribution in [0.15, 0.2) is 71.4 Å². The van der Waals surface area contributed by atoms with E-state index in [2.05, 4.69) is 57.8 Å². The number of amides is 2. The maximum Gasteiger partial charge on any atom is 0.295 e. The van der Waals surface area contributed by atoms with Gasteiger partial charge in [-0.3, -0.25) is 19.3 Å². The lowest BCUT2D eigenvalue weighted by atomic mass is 9.81. The topological polar surface area (TPSA) is 142 Å². The van der Waals surface area contributed by atoms with E-state index in [1.54, 1.807) is 61.6 Å². The zero-order chi connectivity index (χ0) is 34.4. The number of hydrogen-bond donors (Lipinski definition) is 3. The maximum atomic E-state index is 13.9. The maximum absolute atomic E-state index is 13.9. The number of pyridine rings is 3. The number of piperazine rings is 1. The molecule has 2 aliphatic rings. The number of fused-ring (bicyclic) bond motifs is 1. The lowest BCUT2D eigenvalue weighted by Crippen LogP contribution is -2.50. The Kier molecular flexibility index (Phi) is 10.3. The third-order valence-corrected chi connectivity index (χ3v) is 8.31. The second-order valence-corrected chi connectivity index (χ2v) is 12.6. The van der Waals surface area contributed by atoms with Crippen molar-refractivity contribution >= 4 is 29.1 Å². The lowest BCUT2D eigenvalue weighted by Gasteiger charge is -2.41. The van der Waals surface area contributed by atoms with Crippen molar-refractivity contribution < 1.29 is 19.4 Å². The van der Waals surface area contributed by atoms with Crippen molar-refractivity contribution in [2.24, 2.45) is 12.5 Å². The van der Waals surface area contributed by atoms with E-state index < -0.39 is 0 Å². The number of nitrogens with zero attached hydrogens (tertiary/aromatic N) is 5. The minimum Gasteiger partial charge on any atom is -0.476 e. The van der Waals surface area contributed by atoms with E-state index >= 15 is 0 Å². The summed E-state index contributed by atoms with van der Waals surface area (Å²) in [5.41, 5.74) is 3.28. The zero-order valence-corrected chi connectivity index (χ0v) is 27.8. The van der Waals surface area contributed by atoms with Crippen LogP contribution in [-0.2, 0) is 23.2 Å². The van der Waals surface area contributed by atoms with E-state index in [0.717, 1.165) is 25.0 Å². The van der Waals surface area contributed by atoms with Crippen LogP contribution in [0.4, 0.5) is 17.3 Å². The Hall–Kier alpha value is -5.41. The van der Waals surface area contributed by atoms with Crippen LogP contribution >= 0.6 is 0 Å². The standard InChI is InChI=1S/C36H41N7O5/c1-6-8-31(45)37-14-18-48-32-10-7-9-30(40-32)39-28-20-25(22-41(5)34(28)46)26-11-13-38-33(27(26)23-44)43-17-16-42-15-12-36(3,4)21-24(2)19-29(42)35(43)47/h7,9-11,13,19-20,22,44H,2,12,14-18,21,23H2,1,3-5H3,(H,37,45)(H,39,40)/b29-19-.